The lowest BCUT2D eigenvalue weighted by atomic mass is 10.2. The van der Waals surface area contributed by atoms with E-state index in [4.69, 9.17) is 14.0 Å². The Morgan fingerprint density at radius 2 is 1.98 bits per heavy atom. The van der Waals surface area contributed by atoms with E-state index in [9.17, 15) is 23.7 Å². The van der Waals surface area contributed by atoms with Crippen LogP contribution < -0.4 is 9.80 Å². The Labute approximate surface area is 228 Å². The highest BCUT2D eigenvalue weighted by molar-refractivity contribution is 7.57. The van der Waals surface area contributed by atoms with E-state index < -0.39 is 56.8 Å². The lowest BCUT2D eigenvalue weighted by Gasteiger charge is -2.21. The summed E-state index contributed by atoms with van der Waals surface area (Å²) < 4.78 is 47.9. The van der Waals surface area contributed by atoms with Gasteiger partial charge in [0.05, 0.1) is 36.7 Å². The second-order valence-corrected chi connectivity index (χ2v) is 12.3. The van der Waals surface area contributed by atoms with Crippen LogP contribution in [0.15, 0.2) is 24.4 Å². The lowest BCUT2D eigenvalue weighted by molar-refractivity contribution is -0.155. The maximum atomic E-state index is 15.1. The highest BCUT2D eigenvalue weighted by Gasteiger charge is 2.36. The van der Waals surface area contributed by atoms with Crippen molar-refractivity contribution < 1.29 is 46.9 Å². The monoisotopic (exact) mass is 581 g/mol. The Balaban J connectivity index is 1.31. The summed E-state index contributed by atoms with van der Waals surface area (Å²) in [5, 5.41) is 4.37. The largest absolute Gasteiger partial charge is 0.442 e. The molecule has 14 nitrogen and oxygen atoms in total. The van der Waals surface area contributed by atoms with Gasteiger partial charge in [-0.15, -0.1) is 0 Å². The molecule has 0 unspecified atom stereocenters. The lowest BCUT2D eigenvalue weighted by Crippen LogP contribution is -2.42. The van der Waals surface area contributed by atoms with Crippen molar-refractivity contribution in [2.75, 3.05) is 49.6 Å². The maximum Gasteiger partial charge on any atom is 0.419 e. The van der Waals surface area contributed by atoms with Crippen LogP contribution >= 0.6 is 7.37 Å². The van der Waals surface area contributed by atoms with Crippen LogP contribution in [0.4, 0.5) is 25.4 Å². The molecule has 1 fully saturated rings. The minimum atomic E-state index is -2.90. The molecule has 40 heavy (non-hydrogen) atoms. The zero-order chi connectivity index (χ0) is 29.2. The normalized spacial score (nSPS) is 16.5. The maximum absolute atomic E-state index is 15.1. The third-order valence-corrected chi connectivity index (χ3v) is 6.78. The van der Waals surface area contributed by atoms with Crippen LogP contribution in [0, 0.1) is 5.82 Å². The third kappa shape index (κ3) is 6.96. The summed E-state index contributed by atoms with van der Waals surface area (Å²) in [6.07, 6.45) is -0.942. The molecule has 0 bridgehead atoms. The van der Waals surface area contributed by atoms with Crippen molar-refractivity contribution in [3.05, 3.63) is 41.5 Å². The number of aryl methyl sites for hydroxylation is 1. The number of hydrogen-bond acceptors (Lipinski definition) is 11. The molecular weight excluding hydrogens is 552 g/mol. The number of cyclic esters (lactones) is 1. The molecule has 16 heteroatoms. The van der Waals surface area contributed by atoms with Gasteiger partial charge < -0.3 is 23.6 Å². The van der Waals surface area contributed by atoms with Gasteiger partial charge in [-0.05, 0) is 18.2 Å². The predicted octanol–water partition coefficient (Wildman–Crippen LogP) is 2.44. The quantitative estimate of drug-likeness (QED) is 0.244. The van der Waals surface area contributed by atoms with Crippen molar-refractivity contribution in [3.63, 3.8) is 0 Å². The molecule has 0 spiro atoms. The number of amides is 3. The van der Waals surface area contributed by atoms with Gasteiger partial charge in [-0.1, -0.05) is 0 Å². The average molecular weight is 581 g/mol. The fourth-order valence-corrected chi connectivity index (χ4v) is 4.63. The molecule has 2 aliphatic heterocycles. The number of rotatable bonds is 9. The Kier molecular flexibility index (Phi) is 8.45. The Bertz CT molecular complexity index is 1350. The molecule has 2 aromatic rings. The molecular formula is C24H29FN5O9P. The first-order chi connectivity index (χ1) is 18.8. The number of halogens is 1. The van der Waals surface area contributed by atoms with Crippen molar-refractivity contribution >= 4 is 42.8 Å². The number of anilines is 2. The van der Waals surface area contributed by atoms with Gasteiger partial charge in [-0.25, -0.2) is 23.7 Å². The number of esters is 1. The highest BCUT2D eigenvalue weighted by Crippen LogP contribution is 2.37. The van der Waals surface area contributed by atoms with E-state index in [1.807, 2.05) is 18.1 Å². The first-order valence-corrected chi connectivity index (χ1v) is 14.7. The summed E-state index contributed by atoms with van der Waals surface area (Å²) in [5.74, 6) is -2.16. The third-order valence-electron chi connectivity index (χ3n) is 6.03. The number of imide groups is 1. The second-order valence-electron chi connectivity index (χ2n) is 9.58. The minimum absolute atomic E-state index is 0.0607. The van der Waals surface area contributed by atoms with Crippen molar-refractivity contribution in [1.82, 2.24) is 14.7 Å². The molecule has 3 amide bonds. The number of ether oxygens (including phenoxy) is 3. The molecule has 216 valence electrons. The molecule has 4 rings (SSSR count). The average Bonchev–Trinajstić information content (AvgIpc) is 3.52. The minimum Gasteiger partial charge on any atom is -0.442 e. The van der Waals surface area contributed by atoms with Crippen molar-refractivity contribution in [2.24, 2.45) is 7.05 Å². The molecule has 1 aromatic carbocycles. The summed E-state index contributed by atoms with van der Waals surface area (Å²) in [4.78, 5) is 52.3. The first kappa shape index (κ1) is 29.0. The topological polar surface area (TPSA) is 150 Å². The van der Waals surface area contributed by atoms with E-state index in [1.54, 1.807) is 16.8 Å². The molecule has 0 saturated carbocycles. The van der Waals surface area contributed by atoms with E-state index >= 15 is 4.39 Å². The molecule has 1 atom stereocenters. The number of carbonyl (C=O) groups is 4. The van der Waals surface area contributed by atoms with E-state index in [2.05, 4.69) is 9.84 Å². The second kappa shape index (κ2) is 11.6. The number of fused-ring (bicyclic) bond motifs is 1. The SMILES string of the molecule is CC(=O)N(C[C@H]1CN(c2ccc(N3Cc4cn(C)nc4C3)c(F)c2)C(=O)O1)C(=O)OCOC(=O)COP(C)(C)=O. The fourth-order valence-electron chi connectivity index (χ4n) is 4.22. The summed E-state index contributed by atoms with van der Waals surface area (Å²) >= 11 is 0. The Hall–Kier alpha value is -3.97. The van der Waals surface area contributed by atoms with Crippen molar-refractivity contribution in [2.45, 2.75) is 26.1 Å². The van der Waals surface area contributed by atoms with E-state index in [-0.39, 0.29) is 18.8 Å². The molecule has 1 aromatic heterocycles. The van der Waals surface area contributed by atoms with Gasteiger partial charge in [-0.2, -0.15) is 5.10 Å². The van der Waals surface area contributed by atoms with Gasteiger partial charge in [-0.3, -0.25) is 18.9 Å². The van der Waals surface area contributed by atoms with Crippen molar-refractivity contribution in [1.29, 1.82) is 0 Å². The van der Waals surface area contributed by atoms with Crippen molar-refractivity contribution in [3.8, 4) is 0 Å². The van der Waals surface area contributed by atoms with Gasteiger partial charge in [0.25, 0.3) is 0 Å². The zero-order valence-electron chi connectivity index (χ0n) is 22.4. The molecule has 3 heterocycles. The molecule has 1 saturated heterocycles. The van der Waals surface area contributed by atoms with Crippen LogP contribution in [0.25, 0.3) is 0 Å². The summed E-state index contributed by atoms with van der Waals surface area (Å²) in [6.45, 7) is 2.89. The van der Waals surface area contributed by atoms with Crippen LogP contribution in [0.2, 0.25) is 0 Å². The van der Waals surface area contributed by atoms with Gasteiger partial charge in [0.15, 0.2) is 14.0 Å². The van der Waals surface area contributed by atoms with Crippen LogP contribution in [0.3, 0.4) is 0 Å². The summed E-state index contributed by atoms with van der Waals surface area (Å²) in [7, 11) is -1.08. The number of nitrogens with zero attached hydrogens (tertiary/aromatic N) is 5. The van der Waals surface area contributed by atoms with Gasteiger partial charge in [0.2, 0.25) is 12.7 Å². The van der Waals surface area contributed by atoms with Crippen LogP contribution in [-0.2, 0) is 53.0 Å². The smallest absolute Gasteiger partial charge is 0.419 e. The molecule has 0 radical (unpaired) electrons. The molecule has 0 aliphatic carbocycles. The first-order valence-electron chi connectivity index (χ1n) is 12.1. The number of aromatic nitrogens is 2. The number of benzene rings is 1. The van der Waals surface area contributed by atoms with Crippen LogP contribution in [0.5, 0.6) is 0 Å². The predicted molar refractivity (Wildman–Crippen MR) is 137 cm³/mol. The van der Waals surface area contributed by atoms with E-state index in [0.717, 1.165) is 18.2 Å². The zero-order valence-corrected chi connectivity index (χ0v) is 23.3. The summed E-state index contributed by atoms with van der Waals surface area (Å²) in [6, 6.07) is 4.38. The van der Waals surface area contributed by atoms with E-state index in [1.165, 1.54) is 24.3 Å². The fraction of sp³-hybridized carbons (Fsp3) is 0.458. The Morgan fingerprint density at radius 1 is 1.23 bits per heavy atom. The summed E-state index contributed by atoms with van der Waals surface area (Å²) in [5.41, 5.74) is 2.51. The standard InChI is InChI=1S/C24H29FN5O9P/c1-15(31)29(23(33)37-14-36-22(32)13-38-40(3,4)35)10-18-11-30(24(34)39-18)17-5-6-21(19(25)7-17)28-9-16-8-27(2)26-20(16)12-28/h5-8,18H,9-14H2,1-4H3/t18-/m0/s1. The number of hydrogen-bond donors (Lipinski definition) is 0. The van der Waals surface area contributed by atoms with Crippen LogP contribution in [-0.4, -0.2) is 84.7 Å². The van der Waals surface area contributed by atoms with Gasteiger partial charge in [0.1, 0.15) is 11.9 Å². The number of carbonyl (C=O) groups excluding carboxylic acids is 4. The Morgan fingerprint density at radius 3 is 2.62 bits per heavy atom. The molecule has 0 N–H and O–H groups in total. The van der Waals surface area contributed by atoms with Gasteiger partial charge in [0, 0.05) is 45.6 Å². The van der Waals surface area contributed by atoms with Gasteiger partial charge >= 0.3 is 18.2 Å². The molecule has 2 aliphatic rings. The highest BCUT2D eigenvalue weighted by atomic mass is 31.2. The van der Waals surface area contributed by atoms with E-state index in [0.29, 0.717) is 23.7 Å². The van der Waals surface area contributed by atoms with Crippen LogP contribution in [0.1, 0.15) is 18.2 Å².